The molecule has 12 heteroatoms. The van der Waals surface area contributed by atoms with Gasteiger partial charge < -0.3 is 15.4 Å². The molecule has 1 aromatic heterocycles. The van der Waals surface area contributed by atoms with Crippen LogP contribution in [0.15, 0.2) is 53.6 Å². The fourth-order valence-corrected chi connectivity index (χ4v) is 5.43. The van der Waals surface area contributed by atoms with Gasteiger partial charge in [-0.25, -0.2) is 23.6 Å². The molecule has 11 nitrogen and oxygen atoms in total. The van der Waals surface area contributed by atoms with E-state index in [0.29, 0.717) is 30.5 Å². The summed E-state index contributed by atoms with van der Waals surface area (Å²) in [7, 11) is -3.68. The summed E-state index contributed by atoms with van der Waals surface area (Å²) in [6.45, 7) is 9.79. The second kappa shape index (κ2) is 14.2. The number of benzene rings is 2. The van der Waals surface area contributed by atoms with Gasteiger partial charge in [-0.15, -0.1) is 0 Å². The van der Waals surface area contributed by atoms with Gasteiger partial charge in [0.15, 0.2) is 0 Å². The number of nitrogens with one attached hydrogen (secondary N) is 4. The summed E-state index contributed by atoms with van der Waals surface area (Å²) in [5.41, 5.74) is 4.19. The van der Waals surface area contributed by atoms with Crippen molar-refractivity contribution in [2.24, 2.45) is 0 Å². The molecule has 5 N–H and O–H groups in total. The molecule has 0 unspecified atom stereocenters. The summed E-state index contributed by atoms with van der Waals surface area (Å²) in [5, 5.41) is 14.9. The summed E-state index contributed by atoms with van der Waals surface area (Å²) in [6, 6.07) is 12.3. The van der Waals surface area contributed by atoms with Crippen LogP contribution in [-0.2, 0) is 14.8 Å². The predicted molar refractivity (Wildman–Crippen MR) is 160 cm³/mol. The average Bonchev–Trinajstić information content (AvgIpc) is 2.90. The Morgan fingerprint density at radius 2 is 1.68 bits per heavy atom. The zero-order valence-corrected chi connectivity index (χ0v) is 25.1. The number of carbonyl (C=O) groups is 1. The van der Waals surface area contributed by atoms with Crippen molar-refractivity contribution in [1.82, 2.24) is 20.2 Å². The molecule has 0 aliphatic rings. The largest absolute Gasteiger partial charge is 0.493 e. The summed E-state index contributed by atoms with van der Waals surface area (Å²) in [5.74, 6) is 1.37. The Bertz CT molecular complexity index is 1440. The van der Waals surface area contributed by atoms with E-state index in [9.17, 15) is 13.2 Å². The summed E-state index contributed by atoms with van der Waals surface area (Å²) in [4.78, 5) is 20.2. The Balaban J connectivity index is 1.60. The van der Waals surface area contributed by atoms with Crippen LogP contribution in [-0.4, -0.2) is 41.6 Å². The number of unbranched alkanes of at least 4 members (excludes halogenated alkanes) is 3. The number of amides is 1. The highest BCUT2D eigenvalue weighted by atomic mass is 32.2. The van der Waals surface area contributed by atoms with Crippen LogP contribution in [0.4, 0.5) is 23.1 Å². The van der Waals surface area contributed by atoms with Crippen molar-refractivity contribution in [3.05, 3.63) is 59.8 Å². The molecule has 0 spiro atoms. The van der Waals surface area contributed by atoms with Crippen LogP contribution in [0.5, 0.6) is 5.75 Å². The first-order valence-corrected chi connectivity index (χ1v) is 15.0. The van der Waals surface area contributed by atoms with Crippen molar-refractivity contribution in [2.45, 2.75) is 77.2 Å². The molecule has 3 aromatic rings. The summed E-state index contributed by atoms with van der Waals surface area (Å²) >= 11 is 0. The monoisotopic (exact) mass is 584 g/mol. The fourth-order valence-electron chi connectivity index (χ4n) is 3.97. The van der Waals surface area contributed by atoms with Gasteiger partial charge in [0.2, 0.25) is 21.9 Å². The molecule has 0 saturated carbocycles. The molecule has 3 rings (SSSR count). The molecule has 41 heavy (non-hydrogen) atoms. The number of aromatic nitrogens is 2. The van der Waals surface area contributed by atoms with E-state index in [1.54, 1.807) is 56.7 Å². The Kier molecular flexibility index (Phi) is 11.0. The number of hydrogen-bond donors (Lipinski definition) is 5. The molecular weight excluding hydrogens is 544 g/mol. The first kappa shape index (κ1) is 31.8. The zero-order chi connectivity index (χ0) is 30.0. The Hall–Kier alpha value is -3.74. The zero-order valence-electron chi connectivity index (χ0n) is 24.2. The molecule has 222 valence electrons. The van der Waals surface area contributed by atoms with Crippen molar-refractivity contribution in [2.75, 3.05) is 17.2 Å². The van der Waals surface area contributed by atoms with E-state index in [4.69, 9.17) is 9.94 Å². The number of ether oxygens (including phenoxy) is 1. The lowest BCUT2D eigenvalue weighted by atomic mass is 10.1. The van der Waals surface area contributed by atoms with Crippen LogP contribution in [0.3, 0.4) is 0 Å². The number of carbonyl (C=O) groups excluding carboxylic acids is 1. The van der Waals surface area contributed by atoms with Crippen molar-refractivity contribution in [3.8, 4) is 5.75 Å². The molecule has 1 amide bonds. The fraction of sp³-hybridized carbons (Fsp3) is 0.414. The van der Waals surface area contributed by atoms with Crippen LogP contribution in [0.2, 0.25) is 0 Å². The van der Waals surface area contributed by atoms with E-state index in [1.807, 2.05) is 32.0 Å². The summed E-state index contributed by atoms with van der Waals surface area (Å²) < 4.78 is 34.1. The normalized spacial score (nSPS) is 11.7. The van der Waals surface area contributed by atoms with Gasteiger partial charge in [-0.3, -0.25) is 10.0 Å². The van der Waals surface area contributed by atoms with E-state index in [1.165, 1.54) is 0 Å². The van der Waals surface area contributed by atoms with Gasteiger partial charge in [0.1, 0.15) is 11.6 Å². The lowest BCUT2D eigenvalue weighted by Gasteiger charge is -2.20. The molecule has 1 heterocycles. The number of sulfonamides is 1. The molecule has 0 aliphatic carbocycles. The number of aryl methyl sites for hydroxylation is 2. The smallest absolute Gasteiger partial charge is 0.243 e. The quantitative estimate of drug-likeness (QED) is 0.0939. The number of hydroxylamine groups is 1. The molecule has 0 atom stereocenters. The molecule has 0 fully saturated rings. The third-order valence-corrected chi connectivity index (χ3v) is 7.69. The number of hydrogen-bond acceptors (Lipinski definition) is 9. The maximum atomic E-state index is 12.8. The van der Waals surface area contributed by atoms with Gasteiger partial charge in [-0.05, 0) is 89.4 Å². The molecule has 0 saturated heterocycles. The highest BCUT2D eigenvalue weighted by Crippen LogP contribution is 2.26. The third kappa shape index (κ3) is 10.3. The average molecular weight is 585 g/mol. The Morgan fingerprint density at radius 3 is 2.39 bits per heavy atom. The van der Waals surface area contributed by atoms with Crippen molar-refractivity contribution < 1.29 is 23.2 Å². The highest BCUT2D eigenvalue weighted by molar-refractivity contribution is 7.89. The van der Waals surface area contributed by atoms with Gasteiger partial charge in [0, 0.05) is 35.1 Å². The Morgan fingerprint density at radius 1 is 0.951 bits per heavy atom. The van der Waals surface area contributed by atoms with Gasteiger partial charge in [-0.2, -0.15) is 4.98 Å². The second-order valence-corrected chi connectivity index (χ2v) is 12.6. The van der Waals surface area contributed by atoms with E-state index < -0.39 is 15.6 Å². The number of anilines is 4. The third-order valence-electron chi connectivity index (χ3n) is 5.93. The van der Waals surface area contributed by atoms with E-state index in [2.05, 4.69) is 25.3 Å². The highest BCUT2D eigenvalue weighted by Gasteiger charge is 2.22. The molecule has 0 radical (unpaired) electrons. The standard InChI is InChI=1S/C29H40N6O5S/c1-20-17-23(14-15-25(20)40-16-9-7-6-8-13-26(36)34-37)32-28-30-19-21(2)27(33-28)31-22-11-10-12-24(18-22)41(38,39)35-29(3,4)5/h10-12,14-15,17-19,35,37H,6-9,13,16H2,1-5H3,(H,34,36)(H2,30,31,32,33). The van der Waals surface area contributed by atoms with E-state index >= 15 is 0 Å². The lowest BCUT2D eigenvalue weighted by Crippen LogP contribution is -2.40. The number of rotatable bonds is 14. The molecule has 0 bridgehead atoms. The second-order valence-electron chi connectivity index (χ2n) is 10.9. The first-order valence-electron chi connectivity index (χ1n) is 13.5. The number of nitrogens with zero attached hydrogens (tertiary/aromatic N) is 2. The van der Waals surface area contributed by atoms with Gasteiger partial charge in [0.25, 0.3) is 0 Å². The van der Waals surface area contributed by atoms with Crippen molar-refractivity contribution >= 4 is 39.1 Å². The van der Waals surface area contributed by atoms with Crippen LogP contribution < -0.4 is 25.6 Å². The predicted octanol–water partition coefficient (Wildman–Crippen LogP) is 5.49. The van der Waals surface area contributed by atoms with Crippen LogP contribution >= 0.6 is 0 Å². The Labute approximate surface area is 242 Å². The minimum absolute atomic E-state index is 0.160. The van der Waals surface area contributed by atoms with Gasteiger partial charge >= 0.3 is 0 Å². The van der Waals surface area contributed by atoms with Crippen LogP contribution in [0, 0.1) is 13.8 Å². The van der Waals surface area contributed by atoms with Crippen LogP contribution in [0.1, 0.15) is 64.0 Å². The van der Waals surface area contributed by atoms with Gasteiger partial charge in [-0.1, -0.05) is 18.9 Å². The topological polar surface area (TPSA) is 155 Å². The first-order chi connectivity index (χ1) is 19.4. The minimum atomic E-state index is -3.68. The minimum Gasteiger partial charge on any atom is -0.493 e. The van der Waals surface area contributed by atoms with E-state index in [-0.39, 0.29) is 10.8 Å². The maximum Gasteiger partial charge on any atom is 0.243 e. The molecule has 2 aromatic carbocycles. The van der Waals surface area contributed by atoms with Crippen molar-refractivity contribution in [3.63, 3.8) is 0 Å². The van der Waals surface area contributed by atoms with Crippen LogP contribution in [0.25, 0.3) is 0 Å². The van der Waals surface area contributed by atoms with Gasteiger partial charge in [0.05, 0.1) is 11.5 Å². The molecular formula is C29H40N6O5S. The summed E-state index contributed by atoms with van der Waals surface area (Å²) in [6.07, 6.45) is 5.44. The lowest BCUT2D eigenvalue weighted by molar-refractivity contribution is -0.129. The maximum absolute atomic E-state index is 12.8. The SMILES string of the molecule is Cc1cc(Nc2ncc(C)c(Nc3cccc(S(=O)(=O)NC(C)(C)C)c3)n2)ccc1OCCCCCCC(=O)NO. The van der Waals surface area contributed by atoms with Crippen molar-refractivity contribution in [1.29, 1.82) is 0 Å². The molecule has 0 aliphatic heterocycles. The van der Waals surface area contributed by atoms with E-state index in [0.717, 1.165) is 48.2 Å².